The van der Waals surface area contributed by atoms with Crippen LogP contribution in [0.15, 0.2) is 0 Å². The number of amides is 1. The maximum atomic E-state index is 12.5. The molecule has 0 bridgehead atoms. The number of hydrogen-bond acceptors (Lipinski definition) is 3. The zero-order valence-corrected chi connectivity index (χ0v) is 13.9. The molecule has 122 valence electrons. The second-order valence-electron chi connectivity index (χ2n) is 7.01. The molecule has 2 N–H and O–H groups in total. The molecule has 1 aliphatic heterocycles. The molecule has 0 spiro atoms. The Hall–Kier alpha value is -0.610. The Morgan fingerprint density at radius 1 is 1.33 bits per heavy atom. The van der Waals surface area contributed by atoms with Crippen molar-refractivity contribution >= 4 is 5.91 Å². The van der Waals surface area contributed by atoms with Crippen LogP contribution in [-0.4, -0.2) is 37.2 Å². The van der Waals surface area contributed by atoms with Crippen LogP contribution < -0.4 is 10.6 Å². The van der Waals surface area contributed by atoms with Gasteiger partial charge < -0.3 is 15.4 Å². The Morgan fingerprint density at radius 3 is 2.81 bits per heavy atom. The van der Waals surface area contributed by atoms with Gasteiger partial charge in [0, 0.05) is 6.04 Å². The molecule has 2 aliphatic rings. The highest BCUT2D eigenvalue weighted by Crippen LogP contribution is 2.27. The van der Waals surface area contributed by atoms with Gasteiger partial charge in [0.2, 0.25) is 5.91 Å². The number of piperidine rings is 1. The summed E-state index contributed by atoms with van der Waals surface area (Å²) in [7, 11) is 0. The molecule has 0 aromatic heterocycles. The molecule has 1 heterocycles. The van der Waals surface area contributed by atoms with Crippen molar-refractivity contribution in [3.05, 3.63) is 0 Å². The number of rotatable bonds is 5. The van der Waals surface area contributed by atoms with Crippen molar-refractivity contribution in [2.24, 2.45) is 11.8 Å². The molecule has 5 atom stereocenters. The summed E-state index contributed by atoms with van der Waals surface area (Å²) in [6.07, 6.45) is 6.52. The second kappa shape index (κ2) is 8.14. The Morgan fingerprint density at radius 2 is 2.14 bits per heavy atom. The zero-order valence-electron chi connectivity index (χ0n) is 13.9. The van der Waals surface area contributed by atoms with Gasteiger partial charge in [0.15, 0.2) is 0 Å². The second-order valence-corrected chi connectivity index (χ2v) is 7.01. The van der Waals surface area contributed by atoms with Crippen molar-refractivity contribution in [2.45, 2.75) is 77.5 Å². The first-order chi connectivity index (χ1) is 10.1. The minimum atomic E-state index is -0.276. The molecule has 1 amide bonds. The first-order valence-corrected chi connectivity index (χ1v) is 8.76. The SMILES string of the molecule is CCC(OC1CCCC(C)C1)C(=O)NC1CCNCC1C. The van der Waals surface area contributed by atoms with Crippen molar-refractivity contribution in [3.63, 3.8) is 0 Å². The minimum Gasteiger partial charge on any atom is -0.365 e. The van der Waals surface area contributed by atoms with Crippen LogP contribution in [0.1, 0.15) is 59.3 Å². The fraction of sp³-hybridized carbons (Fsp3) is 0.941. The number of hydrogen-bond donors (Lipinski definition) is 2. The van der Waals surface area contributed by atoms with Crippen LogP contribution in [-0.2, 0) is 9.53 Å². The fourth-order valence-electron chi connectivity index (χ4n) is 3.58. The predicted molar refractivity (Wildman–Crippen MR) is 85.2 cm³/mol. The van der Waals surface area contributed by atoms with Crippen molar-refractivity contribution < 1.29 is 9.53 Å². The van der Waals surface area contributed by atoms with E-state index in [1.54, 1.807) is 0 Å². The lowest BCUT2D eigenvalue weighted by molar-refractivity contribution is -0.140. The Kier molecular flexibility index (Phi) is 6.49. The minimum absolute atomic E-state index is 0.0921. The van der Waals surface area contributed by atoms with E-state index in [4.69, 9.17) is 4.74 Å². The summed E-state index contributed by atoms with van der Waals surface area (Å²) in [6, 6.07) is 0.293. The molecule has 1 saturated carbocycles. The molecule has 21 heavy (non-hydrogen) atoms. The molecule has 0 aromatic rings. The van der Waals surface area contributed by atoms with Crippen molar-refractivity contribution in [1.82, 2.24) is 10.6 Å². The summed E-state index contributed by atoms with van der Waals surface area (Å²) >= 11 is 0. The lowest BCUT2D eigenvalue weighted by Crippen LogP contribution is -2.51. The van der Waals surface area contributed by atoms with E-state index in [1.807, 2.05) is 6.92 Å². The van der Waals surface area contributed by atoms with Crippen LogP contribution in [0.25, 0.3) is 0 Å². The summed E-state index contributed by atoms with van der Waals surface area (Å²) in [5.74, 6) is 1.32. The van der Waals surface area contributed by atoms with Gasteiger partial charge in [0.05, 0.1) is 6.10 Å². The molecule has 4 nitrogen and oxygen atoms in total. The quantitative estimate of drug-likeness (QED) is 0.819. The lowest BCUT2D eigenvalue weighted by atomic mass is 9.88. The van der Waals surface area contributed by atoms with Crippen LogP contribution in [0.4, 0.5) is 0 Å². The number of carbonyl (C=O) groups excluding carboxylic acids is 1. The first kappa shape index (κ1) is 16.8. The highest BCUT2D eigenvalue weighted by atomic mass is 16.5. The van der Waals surface area contributed by atoms with E-state index < -0.39 is 0 Å². The predicted octanol–water partition coefficient (Wildman–Crippen LogP) is 2.47. The number of nitrogens with one attached hydrogen (secondary N) is 2. The molecule has 0 aromatic carbocycles. The van der Waals surface area contributed by atoms with Crippen LogP contribution in [0, 0.1) is 11.8 Å². The van der Waals surface area contributed by atoms with E-state index >= 15 is 0 Å². The molecule has 4 heteroatoms. The highest BCUT2D eigenvalue weighted by Gasteiger charge is 2.29. The summed E-state index contributed by atoms with van der Waals surface area (Å²) < 4.78 is 6.12. The van der Waals surface area contributed by atoms with Gasteiger partial charge in [-0.3, -0.25) is 4.79 Å². The summed E-state index contributed by atoms with van der Waals surface area (Å²) in [4.78, 5) is 12.5. The average Bonchev–Trinajstić information content (AvgIpc) is 2.47. The molecule has 2 fully saturated rings. The van der Waals surface area contributed by atoms with Gasteiger partial charge in [-0.15, -0.1) is 0 Å². The Bertz CT molecular complexity index is 335. The summed E-state index contributed by atoms with van der Waals surface area (Å²) in [6.45, 7) is 8.51. The third-order valence-electron chi connectivity index (χ3n) is 5.02. The van der Waals surface area contributed by atoms with Gasteiger partial charge in [-0.05, 0) is 50.6 Å². The van der Waals surface area contributed by atoms with E-state index in [9.17, 15) is 4.79 Å². The standard InChI is InChI=1S/C17H32N2O2/c1-4-16(21-14-7-5-6-12(2)10-14)17(20)19-15-8-9-18-11-13(15)3/h12-16,18H,4-11H2,1-3H3,(H,19,20). The van der Waals surface area contributed by atoms with E-state index in [1.165, 1.54) is 12.8 Å². The fourth-order valence-corrected chi connectivity index (χ4v) is 3.58. The first-order valence-electron chi connectivity index (χ1n) is 8.76. The van der Waals surface area contributed by atoms with E-state index in [-0.39, 0.29) is 18.1 Å². The molecular formula is C17H32N2O2. The third kappa shape index (κ3) is 4.96. The van der Waals surface area contributed by atoms with Gasteiger partial charge in [0.25, 0.3) is 0 Å². The molecule has 2 rings (SSSR count). The topological polar surface area (TPSA) is 50.4 Å². The van der Waals surface area contributed by atoms with Gasteiger partial charge >= 0.3 is 0 Å². The monoisotopic (exact) mass is 296 g/mol. The van der Waals surface area contributed by atoms with E-state index in [0.717, 1.165) is 44.7 Å². The Labute approximate surface area is 129 Å². The molecule has 0 radical (unpaired) electrons. The lowest BCUT2D eigenvalue weighted by Gasteiger charge is -2.33. The highest BCUT2D eigenvalue weighted by molar-refractivity contribution is 5.81. The maximum absolute atomic E-state index is 12.5. The van der Waals surface area contributed by atoms with Crippen LogP contribution >= 0.6 is 0 Å². The largest absolute Gasteiger partial charge is 0.365 e. The zero-order chi connectivity index (χ0) is 15.2. The van der Waals surface area contributed by atoms with E-state index in [0.29, 0.717) is 12.0 Å². The van der Waals surface area contributed by atoms with Gasteiger partial charge in [-0.1, -0.05) is 33.6 Å². The Balaban J connectivity index is 1.83. The maximum Gasteiger partial charge on any atom is 0.249 e. The van der Waals surface area contributed by atoms with Crippen LogP contribution in [0.5, 0.6) is 0 Å². The van der Waals surface area contributed by atoms with Gasteiger partial charge in [-0.2, -0.15) is 0 Å². The average molecular weight is 296 g/mol. The summed E-state index contributed by atoms with van der Waals surface area (Å²) in [5, 5.41) is 6.59. The summed E-state index contributed by atoms with van der Waals surface area (Å²) in [5.41, 5.74) is 0. The molecule has 5 unspecified atom stereocenters. The number of ether oxygens (including phenoxy) is 1. The van der Waals surface area contributed by atoms with Crippen molar-refractivity contribution in [1.29, 1.82) is 0 Å². The molecule has 1 aliphatic carbocycles. The van der Waals surface area contributed by atoms with Crippen LogP contribution in [0.3, 0.4) is 0 Å². The smallest absolute Gasteiger partial charge is 0.249 e. The van der Waals surface area contributed by atoms with Gasteiger partial charge in [-0.25, -0.2) is 0 Å². The normalized spacial score (nSPS) is 35.2. The van der Waals surface area contributed by atoms with Gasteiger partial charge in [0.1, 0.15) is 6.10 Å². The van der Waals surface area contributed by atoms with Crippen molar-refractivity contribution in [3.8, 4) is 0 Å². The third-order valence-corrected chi connectivity index (χ3v) is 5.02. The molecular weight excluding hydrogens is 264 g/mol. The number of carbonyl (C=O) groups is 1. The van der Waals surface area contributed by atoms with Crippen LogP contribution in [0.2, 0.25) is 0 Å². The van der Waals surface area contributed by atoms with E-state index in [2.05, 4.69) is 24.5 Å². The molecule has 1 saturated heterocycles. The van der Waals surface area contributed by atoms with Crippen molar-refractivity contribution in [2.75, 3.05) is 13.1 Å².